The molecule has 1 N–H and O–H groups in total. The van der Waals surface area contributed by atoms with Crippen LogP contribution in [0.2, 0.25) is 5.02 Å². The van der Waals surface area contributed by atoms with Crippen LogP contribution in [-0.4, -0.2) is 52.8 Å². The monoisotopic (exact) mass is 449 g/mol. The topological polar surface area (TPSA) is 137 Å². The number of carbonyl (C=O) groups excluding carboxylic acids is 4. The molecule has 0 aliphatic carbocycles. The number of benzene rings is 1. The lowest BCUT2D eigenvalue weighted by atomic mass is 9.76. The van der Waals surface area contributed by atoms with E-state index in [1.807, 2.05) is 0 Å². The molecule has 4 atom stereocenters. The van der Waals surface area contributed by atoms with Gasteiger partial charge in [0.1, 0.15) is 0 Å². The first-order valence-corrected chi connectivity index (χ1v) is 9.57. The minimum Gasteiger partial charge on any atom is -0.478 e. The summed E-state index contributed by atoms with van der Waals surface area (Å²) < 4.78 is 16.1. The number of carboxylic acids is 1. The van der Waals surface area contributed by atoms with E-state index in [2.05, 4.69) is 0 Å². The van der Waals surface area contributed by atoms with Crippen LogP contribution in [-0.2, 0) is 33.4 Å². The molecule has 0 radical (unpaired) electrons. The number of rotatable bonds is 5. The number of aromatic carboxylic acids is 1. The zero-order valence-corrected chi connectivity index (χ0v) is 17.0. The Hall–Kier alpha value is -3.24. The number of nitrogens with zero attached hydrogens (tertiary/aromatic N) is 1. The number of halogens is 1. The highest BCUT2D eigenvalue weighted by Gasteiger charge is 2.72. The van der Waals surface area contributed by atoms with Gasteiger partial charge in [0.25, 0.3) is 6.29 Å². The molecule has 2 fully saturated rings. The number of hydrogen-bond donors (Lipinski definition) is 1. The summed E-state index contributed by atoms with van der Waals surface area (Å²) in [6.07, 6.45) is 0.594. The van der Waals surface area contributed by atoms with Gasteiger partial charge < -0.3 is 19.3 Å². The lowest BCUT2D eigenvalue weighted by Crippen LogP contribution is -2.52. The molecule has 1 aromatic carbocycles. The minimum atomic E-state index is -1.68. The maximum Gasteiger partial charge on any atom is 0.337 e. The van der Waals surface area contributed by atoms with Crippen molar-refractivity contribution in [2.75, 3.05) is 4.90 Å². The Morgan fingerprint density at radius 1 is 1.16 bits per heavy atom. The van der Waals surface area contributed by atoms with Crippen molar-refractivity contribution >= 4 is 47.0 Å². The van der Waals surface area contributed by atoms with Crippen LogP contribution in [0.5, 0.6) is 0 Å². The van der Waals surface area contributed by atoms with E-state index in [1.54, 1.807) is 6.08 Å². The van der Waals surface area contributed by atoms with Gasteiger partial charge in [0.15, 0.2) is 5.60 Å². The Balaban J connectivity index is 1.76. The molecule has 3 aliphatic rings. The van der Waals surface area contributed by atoms with Crippen LogP contribution < -0.4 is 4.90 Å². The summed E-state index contributed by atoms with van der Waals surface area (Å²) in [5, 5.41) is 9.25. The van der Waals surface area contributed by atoms with E-state index in [1.165, 1.54) is 18.2 Å². The molecule has 31 heavy (non-hydrogen) atoms. The van der Waals surface area contributed by atoms with Crippen molar-refractivity contribution in [1.29, 1.82) is 0 Å². The maximum absolute atomic E-state index is 13.4. The van der Waals surface area contributed by atoms with E-state index in [0.717, 1.165) is 24.8 Å². The third kappa shape index (κ3) is 3.10. The van der Waals surface area contributed by atoms with Crippen LogP contribution >= 0.6 is 11.6 Å². The van der Waals surface area contributed by atoms with E-state index in [-0.39, 0.29) is 16.3 Å². The van der Waals surface area contributed by atoms with Crippen molar-refractivity contribution in [3.8, 4) is 0 Å². The molecule has 0 unspecified atom stereocenters. The van der Waals surface area contributed by atoms with Gasteiger partial charge >= 0.3 is 17.9 Å². The molecule has 1 aromatic rings. The Morgan fingerprint density at radius 2 is 1.81 bits per heavy atom. The van der Waals surface area contributed by atoms with Crippen LogP contribution in [0, 0.1) is 11.8 Å². The molecule has 2 amide bonds. The molecule has 10 nitrogen and oxygen atoms in total. The summed E-state index contributed by atoms with van der Waals surface area (Å²) in [4.78, 5) is 62.0. The molecule has 4 rings (SSSR count). The fourth-order valence-corrected chi connectivity index (χ4v) is 4.49. The number of carbonyl (C=O) groups is 5. The van der Waals surface area contributed by atoms with Gasteiger partial charge in [-0.2, -0.15) is 0 Å². The number of anilines is 1. The molecular weight excluding hydrogens is 434 g/mol. The normalized spacial score (nSPS) is 28.3. The van der Waals surface area contributed by atoms with Gasteiger partial charge in [0.05, 0.1) is 34.2 Å². The van der Waals surface area contributed by atoms with E-state index < -0.39 is 59.6 Å². The van der Waals surface area contributed by atoms with Crippen LogP contribution in [0.4, 0.5) is 5.69 Å². The first kappa shape index (κ1) is 21.0. The van der Waals surface area contributed by atoms with Gasteiger partial charge in [-0.15, -0.1) is 0 Å². The van der Waals surface area contributed by atoms with Crippen molar-refractivity contribution in [2.45, 2.75) is 31.8 Å². The third-order valence-corrected chi connectivity index (χ3v) is 5.76. The van der Waals surface area contributed by atoms with Crippen molar-refractivity contribution in [3.05, 3.63) is 40.9 Å². The molecule has 3 aliphatic heterocycles. The third-order valence-electron chi connectivity index (χ3n) is 5.43. The molecule has 0 spiro atoms. The number of esters is 2. The predicted octanol–water partition coefficient (Wildman–Crippen LogP) is 1.30. The highest BCUT2D eigenvalue weighted by Crippen LogP contribution is 2.54. The SMILES string of the molecule is CC(=O)OC(OC(C)=O)[C@]12C=C[C@H](O1)[C@H]1C(=O)N(c3ccc(Cl)c(C(=O)O)c3)C(=O)[C@@H]12. The Kier molecular flexibility index (Phi) is 4.86. The van der Waals surface area contributed by atoms with Crippen molar-refractivity contribution in [3.63, 3.8) is 0 Å². The maximum atomic E-state index is 13.4. The van der Waals surface area contributed by atoms with E-state index in [9.17, 15) is 29.1 Å². The fourth-order valence-electron chi connectivity index (χ4n) is 4.29. The Morgan fingerprint density at radius 3 is 2.39 bits per heavy atom. The lowest BCUT2D eigenvalue weighted by molar-refractivity contribution is -0.226. The highest BCUT2D eigenvalue weighted by atomic mass is 35.5. The van der Waals surface area contributed by atoms with Crippen molar-refractivity contribution < 1.29 is 43.3 Å². The van der Waals surface area contributed by atoms with E-state index >= 15 is 0 Å². The number of ether oxygens (including phenoxy) is 3. The van der Waals surface area contributed by atoms with Gasteiger partial charge in [-0.1, -0.05) is 17.7 Å². The summed E-state index contributed by atoms with van der Waals surface area (Å²) in [5.41, 5.74) is -1.94. The summed E-state index contributed by atoms with van der Waals surface area (Å²) in [7, 11) is 0. The summed E-state index contributed by atoms with van der Waals surface area (Å²) in [6, 6.07) is 3.75. The molecule has 2 bridgehead atoms. The highest BCUT2D eigenvalue weighted by molar-refractivity contribution is 6.34. The van der Waals surface area contributed by atoms with Crippen molar-refractivity contribution in [2.24, 2.45) is 11.8 Å². The quantitative estimate of drug-likeness (QED) is 0.305. The van der Waals surface area contributed by atoms with Gasteiger partial charge in [-0.3, -0.25) is 19.2 Å². The minimum absolute atomic E-state index is 0.0253. The second-order valence-electron chi connectivity index (χ2n) is 7.33. The molecule has 2 saturated heterocycles. The fraction of sp³-hybridized carbons (Fsp3) is 0.350. The van der Waals surface area contributed by atoms with Gasteiger partial charge in [-0.05, 0) is 24.3 Å². The number of hydrogen-bond acceptors (Lipinski definition) is 8. The molecule has 162 valence electrons. The molecule has 11 heteroatoms. The van der Waals surface area contributed by atoms with Gasteiger partial charge in [-0.25, -0.2) is 9.69 Å². The van der Waals surface area contributed by atoms with Crippen LogP contribution in [0.25, 0.3) is 0 Å². The Labute approximate surface area is 180 Å². The van der Waals surface area contributed by atoms with E-state index in [4.69, 9.17) is 25.8 Å². The number of imide groups is 1. The summed E-state index contributed by atoms with van der Waals surface area (Å²) in [5.74, 6) is -6.31. The number of carboxylic acid groups (broad SMARTS) is 1. The summed E-state index contributed by atoms with van der Waals surface area (Å²) in [6.45, 7) is 2.20. The molecule has 0 saturated carbocycles. The molecule has 0 aromatic heterocycles. The van der Waals surface area contributed by atoms with Crippen LogP contribution in [0.1, 0.15) is 24.2 Å². The van der Waals surface area contributed by atoms with Crippen molar-refractivity contribution in [1.82, 2.24) is 0 Å². The van der Waals surface area contributed by atoms with E-state index in [0.29, 0.717) is 0 Å². The first-order chi connectivity index (χ1) is 14.6. The van der Waals surface area contributed by atoms with Crippen LogP contribution in [0.15, 0.2) is 30.4 Å². The number of fused-ring (bicyclic) bond motifs is 5. The largest absolute Gasteiger partial charge is 0.478 e. The number of amides is 2. The molecule has 3 heterocycles. The average molecular weight is 450 g/mol. The van der Waals surface area contributed by atoms with Crippen LogP contribution in [0.3, 0.4) is 0 Å². The molecular formula is C20H16ClNO9. The summed E-state index contributed by atoms with van der Waals surface area (Å²) >= 11 is 5.89. The van der Waals surface area contributed by atoms with Gasteiger partial charge in [0.2, 0.25) is 11.8 Å². The smallest absolute Gasteiger partial charge is 0.337 e. The Bertz CT molecular complexity index is 1050. The second kappa shape index (κ2) is 7.17. The lowest BCUT2D eigenvalue weighted by Gasteiger charge is -2.34. The first-order valence-electron chi connectivity index (χ1n) is 9.19. The zero-order valence-electron chi connectivity index (χ0n) is 16.2. The average Bonchev–Trinajstić information content (AvgIpc) is 3.32. The standard InChI is InChI=1S/C20H16ClNO9/c1-8(23)29-19(30-9(2)24)20-6-5-13(31-20)14-15(20)17(26)22(16(14)25)10-3-4-12(21)11(7-10)18(27)28/h3-7,13-15,19H,1-2H3,(H,27,28)/t13-,14+,15+,20+/m0/s1. The zero-order chi connectivity index (χ0) is 22.7. The van der Waals surface area contributed by atoms with Gasteiger partial charge in [0, 0.05) is 13.8 Å². The predicted molar refractivity (Wildman–Crippen MR) is 102 cm³/mol. The second-order valence-corrected chi connectivity index (χ2v) is 7.74.